The Balaban J connectivity index is 2.06. The molecule has 1 fully saturated rings. The molecule has 2 heterocycles. The average molecular weight is 350 g/mol. The zero-order valence-electron chi connectivity index (χ0n) is 13.9. The third kappa shape index (κ3) is 2.82. The van der Waals surface area contributed by atoms with Gasteiger partial charge in [-0.05, 0) is 50.5 Å². The molecule has 6 nitrogen and oxygen atoms in total. The average Bonchev–Trinajstić information content (AvgIpc) is 2.91. The lowest BCUT2D eigenvalue weighted by molar-refractivity contribution is -0.140. The van der Waals surface area contributed by atoms with Crippen molar-refractivity contribution in [3.8, 4) is 0 Å². The standard InChI is InChI=1S/C17H22N2O4S/c1-12-11-19(13(2)17(20)21)16-7-6-14(10-15(12)16)24(22,23)18-8-4-3-5-9-18/h6-7,10-11,13H,3-5,8-9H2,1-2H3,(H,20,21). The quantitative estimate of drug-likeness (QED) is 0.919. The minimum atomic E-state index is -3.49. The summed E-state index contributed by atoms with van der Waals surface area (Å²) in [7, 11) is -3.49. The Bertz CT molecular complexity index is 879. The zero-order valence-corrected chi connectivity index (χ0v) is 14.7. The molecule has 2 aromatic rings. The van der Waals surface area contributed by atoms with E-state index < -0.39 is 22.0 Å². The molecule has 1 unspecified atom stereocenters. The number of hydrogen-bond donors (Lipinski definition) is 1. The van der Waals surface area contributed by atoms with Crippen molar-refractivity contribution in [2.24, 2.45) is 0 Å². The summed E-state index contributed by atoms with van der Waals surface area (Å²) >= 11 is 0. The Morgan fingerprint density at radius 1 is 1.21 bits per heavy atom. The molecule has 1 aliphatic rings. The van der Waals surface area contributed by atoms with Crippen molar-refractivity contribution in [2.75, 3.05) is 13.1 Å². The van der Waals surface area contributed by atoms with E-state index in [4.69, 9.17) is 0 Å². The van der Waals surface area contributed by atoms with Crippen LogP contribution < -0.4 is 0 Å². The minimum Gasteiger partial charge on any atom is -0.480 e. The Morgan fingerprint density at radius 3 is 2.50 bits per heavy atom. The number of aliphatic carboxylic acids is 1. The number of aromatic nitrogens is 1. The molecular formula is C17H22N2O4S. The summed E-state index contributed by atoms with van der Waals surface area (Å²) in [4.78, 5) is 11.5. The molecule has 0 amide bonds. The molecule has 0 aliphatic carbocycles. The van der Waals surface area contributed by atoms with Crippen LogP contribution in [0.4, 0.5) is 0 Å². The van der Waals surface area contributed by atoms with Gasteiger partial charge < -0.3 is 9.67 Å². The molecular weight excluding hydrogens is 328 g/mol. The lowest BCUT2D eigenvalue weighted by atomic mass is 10.2. The summed E-state index contributed by atoms with van der Waals surface area (Å²) in [6.45, 7) is 4.61. The largest absolute Gasteiger partial charge is 0.480 e. The Labute approximate surface area is 141 Å². The van der Waals surface area contributed by atoms with Crippen molar-refractivity contribution in [3.63, 3.8) is 0 Å². The highest BCUT2D eigenvalue weighted by molar-refractivity contribution is 7.89. The normalized spacial score (nSPS) is 17.9. The molecule has 3 rings (SSSR count). The topological polar surface area (TPSA) is 79.6 Å². The van der Waals surface area contributed by atoms with E-state index in [2.05, 4.69) is 0 Å². The lowest BCUT2D eigenvalue weighted by Gasteiger charge is -2.26. The predicted octanol–water partition coefficient (Wildman–Crippen LogP) is 2.77. The maximum atomic E-state index is 12.8. The van der Waals surface area contributed by atoms with Gasteiger partial charge in [0.1, 0.15) is 6.04 Å². The summed E-state index contributed by atoms with van der Waals surface area (Å²) in [6.07, 6.45) is 4.63. The van der Waals surface area contributed by atoms with Crippen LogP contribution in [0.3, 0.4) is 0 Å². The first-order chi connectivity index (χ1) is 11.3. The van der Waals surface area contributed by atoms with E-state index in [-0.39, 0.29) is 4.90 Å². The third-order valence-electron chi connectivity index (χ3n) is 4.73. The van der Waals surface area contributed by atoms with Crippen LogP contribution in [0.15, 0.2) is 29.3 Å². The first-order valence-electron chi connectivity index (χ1n) is 8.16. The molecule has 0 radical (unpaired) electrons. The van der Waals surface area contributed by atoms with Crippen molar-refractivity contribution in [3.05, 3.63) is 30.0 Å². The molecule has 0 saturated carbocycles. The SMILES string of the molecule is Cc1cn(C(C)C(=O)O)c2ccc(S(=O)(=O)N3CCCCC3)cc12. The highest BCUT2D eigenvalue weighted by atomic mass is 32.2. The summed E-state index contributed by atoms with van der Waals surface area (Å²) in [5, 5.41) is 10.0. The van der Waals surface area contributed by atoms with Crippen molar-refractivity contribution in [1.82, 2.24) is 8.87 Å². The van der Waals surface area contributed by atoms with Crippen molar-refractivity contribution in [2.45, 2.75) is 44.0 Å². The zero-order chi connectivity index (χ0) is 17.5. The van der Waals surface area contributed by atoms with E-state index in [9.17, 15) is 18.3 Å². The van der Waals surface area contributed by atoms with Gasteiger partial charge in [-0.3, -0.25) is 0 Å². The Kier molecular flexibility index (Phi) is 4.40. The number of fused-ring (bicyclic) bond motifs is 1. The van der Waals surface area contributed by atoms with E-state index in [1.54, 1.807) is 40.2 Å². The molecule has 1 aromatic heterocycles. The molecule has 1 aromatic carbocycles. The molecule has 24 heavy (non-hydrogen) atoms. The number of benzene rings is 1. The van der Waals surface area contributed by atoms with Crippen LogP contribution in [0, 0.1) is 6.92 Å². The number of carboxylic acid groups (broad SMARTS) is 1. The van der Waals surface area contributed by atoms with Gasteiger partial charge in [0.15, 0.2) is 0 Å². The number of piperidine rings is 1. The summed E-state index contributed by atoms with van der Waals surface area (Å²) in [6, 6.07) is 4.25. The van der Waals surface area contributed by atoms with E-state index in [0.717, 1.165) is 35.7 Å². The highest BCUT2D eigenvalue weighted by Gasteiger charge is 2.27. The first-order valence-corrected chi connectivity index (χ1v) is 9.60. The van der Waals surface area contributed by atoms with Gasteiger partial charge in [0.05, 0.1) is 4.90 Å². The first kappa shape index (κ1) is 17.0. The second-order valence-corrected chi connectivity index (χ2v) is 8.32. The summed E-state index contributed by atoms with van der Waals surface area (Å²) in [5.41, 5.74) is 1.61. The van der Waals surface area contributed by atoms with Gasteiger partial charge in [-0.15, -0.1) is 0 Å². The van der Waals surface area contributed by atoms with Crippen LogP contribution in [0.1, 0.15) is 37.8 Å². The predicted molar refractivity (Wildman–Crippen MR) is 91.6 cm³/mol. The number of carboxylic acids is 1. The smallest absolute Gasteiger partial charge is 0.326 e. The van der Waals surface area contributed by atoms with Crippen LogP contribution in [0.25, 0.3) is 10.9 Å². The molecule has 7 heteroatoms. The van der Waals surface area contributed by atoms with Gasteiger partial charge in [0.25, 0.3) is 0 Å². The summed E-state index contributed by atoms with van der Waals surface area (Å²) < 4.78 is 28.8. The maximum Gasteiger partial charge on any atom is 0.326 e. The van der Waals surface area contributed by atoms with Crippen LogP contribution in [-0.2, 0) is 14.8 Å². The second kappa shape index (κ2) is 6.22. The number of sulfonamides is 1. The van der Waals surface area contributed by atoms with Gasteiger partial charge in [-0.1, -0.05) is 6.42 Å². The van der Waals surface area contributed by atoms with E-state index >= 15 is 0 Å². The lowest BCUT2D eigenvalue weighted by Crippen LogP contribution is -2.35. The number of rotatable bonds is 4. The monoisotopic (exact) mass is 350 g/mol. The van der Waals surface area contributed by atoms with Crippen molar-refractivity contribution < 1.29 is 18.3 Å². The van der Waals surface area contributed by atoms with Gasteiger partial charge in [-0.25, -0.2) is 13.2 Å². The number of aryl methyl sites for hydroxylation is 1. The fraction of sp³-hybridized carbons (Fsp3) is 0.471. The molecule has 1 atom stereocenters. The maximum absolute atomic E-state index is 12.8. The number of nitrogens with zero attached hydrogens (tertiary/aromatic N) is 2. The molecule has 1 saturated heterocycles. The van der Waals surface area contributed by atoms with Crippen LogP contribution in [0.2, 0.25) is 0 Å². The van der Waals surface area contributed by atoms with Gasteiger partial charge in [-0.2, -0.15) is 4.31 Å². The van der Waals surface area contributed by atoms with Crippen LogP contribution >= 0.6 is 0 Å². The molecule has 0 spiro atoms. The van der Waals surface area contributed by atoms with Crippen LogP contribution in [-0.4, -0.2) is 41.5 Å². The minimum absolute atomic E-state index is 0.278. The number of carbonyl (C=O) groups is 1. The van der Waals surface area contributed by atoms with Crippen molar-refractivity contribution >= 4 is 26.9 Å². The number of hydrogen-bond acceptors (Lipinski definition) is 3. The highest BCUT2D eigenvalue weighted by Crippen LogP contribution is 2.29. The fourth-order valence-corrected chi connectivity index (χ4v) is 4.80. The van der Waals surface area contributed by atoms with E-state index in [1.807, 2.05) is 6.92 Å². The van der Waals surface area contributed by atoms with Gasteiger partial charge in [0, 0.05) is 30.2 Å². The molecule has 0 bridgehead atoms. The van der Waals surface area contributed by atoms with E-state index in [0.29, 0.717) is 13.1 Å². The third-order valence-corrected chi connectivity index (χ3v) is 6.63. The van der Waals surface area contributed by atoms with Gasteiger partial charge in [0.2, 0.25) is 10.0 Å². The fourth-order valence-electron chi connectivity index (χ4n) is 3.26. The van der Waals surface area contributed by atoms with Gasteiger partial charge >= 0.3 is 5.97 Å². The van der Waals surface area contributed by atoms with Crippen LogP contribution in [0.5, 0.6) is 0 Å². The molecule has 130 valence electrons. The Hall–Kier alpha value is -1.86. The second-order valence-electron chi connectivity index (χ2n) is 6.38. The molecule has 1 N–H and O–H groups in total. The molecule has 1 aliphatic heterocycles. The Morgan fingerprint density at radius 2 is 1.88 bits per heavy atom. The summed E-state index contributed by atoms with van der Waals surface area (Å²) in [5.74, 6) is -0.920. The van der Waals surface area contributed by atoms with E-state index in [1.165, 1.54) is 0 Å². The van der Waals surface area contributed by atoms with Crippen molar-refractivity contribution in [1.29, 1.82) is 0 Å².